The van der Waals surface area contributed by atoms with Gasteiger partial charge in [-0.15, -0.1) is 11.3 Å². The molecular weight excluding hydrogens is 395 g/mol. The summed E-state index contributed by atoms with van der Waals surface area (Å²) in [7, 11) is 0. The van der Waals surface area contributed by atoms with Crippen LogP contribution in [0.4, 0.5) is 4.39 Å². The number of carbonyl (C=O) groups is 1. The van der Waals surface area contributed by atoms with Crippen molar-refractivity contribution in [3.63, 3.8) is 0 Å². The highest BCUT2D eigenvalue weighted by atomic mass is 32.1. The number of carboxylic acids is 1. The molecule has 0 atom stereocenters. The molecule has 0 aliphatic heterocycles. The Hall–Kier alpha value is -3.50. The summed E-state index contributed by atoms with van der Waals surface area (Å²) in [5.41, 5.74) is 5.31. The Kier molecular flexibility index (Phi) is 5.59. The maximum atomic E-state index is 13.5. The molecule has 30 heavy (non-hydrogen) atoms. The van der Waals surface area contributed by atoms with Gasteiger partial charge in [0.1, 0.15) is 5.82 Å². The molecule has 2 nitrogen and oxygen atoms in total. The van der Waals surface area contributed by atoms with Crippen LogP contribution < -0.4 is 0 Å². The molecule has 4 rings (SSSR count). The smallest absolute Gasteiger partial charge is 0.336 e. The average molecular weight is 415 g/mol. The van der Waals surface area contributed by atoms with Gasteiger partial charge >= 0.3 is 5.97 Å². The second-order valence-electron chi connectivity index (χ2n) is 6.99. The Morgan fingerprint density at radius 3 is 2.30 bits per heavy atom. The molecule has 4 heteroatoms. The largest absolute Gasteiger partial charge is 0.478 e. The Labute approximate surface area is 178 Å². The molecule has 1 heterocycles. The molecular formula is C26H19FO2S. The molecule has 148 valence electrons. The minimum absolute atomic E-state index is 0.214. The van der Waals surface area contributed by atoms with E-state index >= 15 is 0 Å². The number of hydrogen-bond acceptors (Lipinski definition) is 2. The lowest BCUT2D eigenvalue weighted by Crippen LogP contribution is -2.02. The van der Waals surface area contributed by atoms with Crippen LogP contribution in [0.1, 0.15) is 16.7 Å². The summed E-state index contributed by atoms with van der Waals surface area (Å²) < 4.78 is 13.5. The minimum Gasteiger partial charge on any atom is -0.478 e. The van der Waals surface area contributed by atoms with E-state index in [-0.39, 0.29) is 11.4 Å². The molecule has 3 aromatic carbocycles. The zero-order valence-corrected chi connectivity index (χ0v) is 17.1. The van der Waals surface area contributed by atoms with E-state index in [0.29, 0.717) is 5.56 Å². The van der Waals surface area contributed by atoms with Crippen molar-refractivity contribution in [2.45, 2.75) is 6.92 Å². The molecule has 0 amide bonds. The molecule has 4 aromatic rings. The summed E-state index contributed by atoms with van der Waals surface area (Å²) in [6, 6.07) is 23.5. The van der Waals surface area contributed by atoms with Gasteiger partial charge in [0.05, 0.1) is 5.57 Å². The number of hydrogen-bond donors (Lipinski definition) is 1. The standard InChI is InChI=1S/C26H19FO2S/c1-17-7-9-18(10-8-17)16-23(26(28)29)22-5-2-4-21(19-11-13-20(27)14-12-19)25(22)24-6-3-15-30-24/h2-16H,1H3,(H,28,29). The van der Waals surface area contributed by atoms with Crippen molar-refractivity contribution < 1.29 is 14.3 Å². The summed E-state index contributed by atoms with van der Waals surface area (Å²) in [5, 5.41) is 12.0. The molecule has 0 bridgehead atoms. The van der Waals surface area contributed by atoms with Crippen molar-refractivity contribution in [2.24, 2.45) is 0 Å². The number of aliphatic carboxylic acids is 1. The Morgan fingerprint density at radius 1 is 0.933 bits per heavy atom. The third kappa shape index (κ3) is 4.09. The molecule has 0 saturated carbocycles. The maximum Gasteiger partial charge on any atom is 0.336 e. The number of rotatable bonds is 5. The summed E-state index contributed by atoms with van der Waals surface area (Å²) in [4.78, 5) is 13.2. The van der Waals surface area contributed by atoms with Crippen LogP contribution in [0.5, 0.6) is 0 Å². The first-order valence-electron chi connectivity index (χ1n) is 9.48. The number of carboxylic acid groups (broad SMARTS) is 1. The van der Waals surface area contributed by atoms with Gasteiger partial charge in [0.15, 0.2) is 0 Å². The summed E-state index contributed by atoms with van der Waals surface area (Å²) >= 11 is 1.55. The van der Waals surface area contributed by atoms with Crippen LogP contribution >= 0.6 is 11.3 Å². The van der Waals surface area contributed by atoms with Crippen LogP contribution in [0.2, 0.25) is 0 Å². The predicted octanol–water partition coefficient (Wildman–Crippen LogP) is 7.15. The molecule has 0 spiro atoms. The monoisotopic (exact) mass is 414 g/mol. The maximum absolute atomic E-state index is 13.5. The normalized spacial score (nSPS) is 11.5. The zero-order chi connectivity index (χ0) is 21.1. The van der Waals surface area contributed by atoms with E-state index in [4.69, 9.17) is 0 Å². The van der Waals surface area contributed by atoms with Crippen molar-refractivity contribution in [3.05, 3.63) is 107 Å². The third-order valence-electron chi connectivity index (χ3n) is 4.90. The van der Waals surface area contributed by atoms with Crippen LogP contribution in [0.15, 0.2) is 84.2 Å². The van der Waals surface area contributed by atoms with Gasteiger partial charge in [-0.1, -0.05) is 66.2 Å². The Bertz CT molecular complexity index is 1210. The van der Waals surface area contributed by atoms with Gasteiger partial charge in [-0.05, 0) is 58.8 Å². The second kappa shape index (κ2) is 8.47. The molecule has 0 fully saturated rings. The van der Waals surface area contributed by atoms with Crippen molar-refractivity contribution in [1.29, 1.82) is 0 Å². The number of benzene rings is 3. The van der Waals surface area contributed by atoms with E-state index in [9.17, 15) is 14.3 Å². The van der Waals surface area contributed by atoms with E-state index in [1.165, 1.54) is 12.1 Å². The quantitative estimate of drug-likeness (QED) is 0.278. The first-order valence-corrected chi connectivity index (χ1v) is 10.4. The van der Waals surface area contributed by atoms with Crippen LogP contribution in [-0.4, -0.2) is 11.1 Å². The van der Waals surface area contributed by atoms with Crippen molar-refractivity contribution in [2.75, 3.05) is 0 Å². The van der Waals surface area contributed by atoms with E-state index < -0.39 is 5.97 Å². The summed E-state index contributed by atoms with van der Waals surface area (Å²) in [5.74, 6) is -1.30. The van der Waals surface area contributed by atoms with Crippen molar-refractivity contribution in [1.82, 2.24) is 0 Å². The summed E-state index contributed by atoms with van der Waals surface area (Å²) in [6.07, 6.45) is 1.70. The third-order valence-corrected chi connectivity index (χ3v) is 5.78. The summed E-state index contributed by atoms with van der Waals surface area (Å²) in [6.45, 7) is 1.99. The van der Waals surface area contributed by atoms with Gasteiger partial charge in [0, 0.05) is 10.4 Å². The van der Waals surface area contributed by atoms with Crippen LogP contribution in [-0.2, 0) is 4.79 Å². The molecule has 0 aliphatic rings. The molecule has 0 unspecified atom stereocenters. The molecule has 1 N–H and O–H groups in total. The highest BCUT2D eigenvalue weighted by Crippen LogP contribution is 2.40. The zero-order valence-electron chi connectivity index (χ0n) is 16.3. The molecule has 1 aromatic heterocycles. The van der Waals surface area contributed by atoms with E-state index in [1.807, 2.05) is 66.9 Å². The first kappa shape index (κ1) is 19.8. The Balaban J connectivity index is 1.96. The van der Waals surface area contributed by atoms with Gasteiger partial charge in [-0.3, -0.25) is 0 Å². The van der Waals surface area contributed by atoms with Crippen LogP contribution in [0, 0.1) is 12.7 Å². The van der Waals surface area contributed by atoms with Gasteiger partial charge in [-0.2, -0.15) is 0 Å². The van der Waals surface area contributed by atoms with Crippen LogP contribution in [0.25, 0.3) is 33.2 Å². The van der Waals surface area contributed by atoms with Crippen molar-refractivity contribution >= 4 is 29.0 Å². The second-order valence-corrected chi connectivity index (χ2v) is 7.93. The molecule has 0 radical (unpaired) electrons. The first-order chi connectivity index (χ1) is 14.5. The number of thiophene rings is 1. The average Bonchev–Trinajstić information content (AvgIpc) is 3.28. The van der Waals surface area contributed by atoms with Gasteiger partial charge in [-0.25, -0.2) is 9.18 Å². The minimum atomic E-state index is -0.996. The fourth-order valence-corrected chi connectivity index (χ4v) is 4.22. The van der Waals surface area contributed by atoms with E-state index in [1.54, 1.807) is 29.5 Å². The lowest BCUT2D eigenvalue weighted by atomic mass is 9.90. The molecule has 0 saturated heterocycles. The highest BCUT2D eigenvalue weighted by Gasteiger charge is 2.20. The predicted molar refractivity (Wildman–Crippen MR) is 122 cm³/mol. The number of aryl methyl sites for hydroxylation is 1. The van der Waals surface area contributed by atoms with Gasteiger partial charge < -0.3 is 5.11 Å². The SMILES string of the molecule is Cc1ccc(C=C(C(=O)O)c2cccc(-c3ccc(F)cc3)c2-c2cccs2)cc1. The topological polar surface area (TPSA) is 37.3 Å². The Morgan fingerprint density at radius 2 is 1.67 bits per heavy atom. The van der Waals surface area contributed by atoms with E-state index in [0.717, 1.165) is 32.7 Å². The van der Waals surface area contributed by atoms with Gasteiger partial charge in [0.25, 0.3) is 0 Å². The number of halogens is 1. The lowest BCUT2D eigenvalue weighted by Gasteiger charge is -2.15. The van der Waals surface area contributed by atoms with Crippen LogP contribution in [0.3, 0.4) is 0 Å². The fraction of sp³-hybridized carbons (Fsp3) is 0.0385. The lowest BCUT2D eigenvalue weighted by molar-refractivity contribution is -0.130. The molecule has 0 aliphatic carbocycles. The van der Waals surface area contributed by atoms with E-state index in [2.05, 4.69) is 0 Å². The highest BCUT2D eigenvalue weighted by molar-refractivity contribution is 7.13. The van der Waals surface area contributed by atoms with Gasteiger partial charge in [0.2, 0.25) is 0 Å². The fourth-order valence-electron chi connectivity index (χ4n) is 3.42. The van der Waals surface area contributed by atoms with Crippen molar-refractivity contribution in [3.8, 4) is 21.6 Å².